The van der Waals surface area contributed by atoms with E-state index in [1.165, 1.54) is 43.0 Å². The number of aromatic amines is 1. The quantitative estimate of drug-likeness (QED) is 0.114. The van der Waals surface area contributed by atoms with Crippen LogP contribution >= 0.6 is 0 Å². The van der Waals surface area contributed by atoms with Crippen LogP contribution in [0.1, 0.15) is 64.5 Å². The molecular weight excluding hydrogens is 529 g/mol. The lowest BCUT2D eigenvalue weighted by atomic mass is 9.88. The Bertz CT molecular complexity index is 1200. The van der Waals surface area contributed by atoms with Crippen LogP contribution in [-0.2, 0) is 26.3 Å². The number of carbonyl (C=O) groups excluding carboxylic acids is 1. The van der Waals surface area contributed by atoms with E-state index in [2.05, 4.69) is 11.1 Å². The molecular formula is C29H37F3N2O6. The molecule has 0 saturated heterocycles. The molecule has 1 aromatic carbocycles. The van der Waals surface area contributed by atoms with E-state index in [1.807, 2.05) is 26.8 Å². The summed E-state index contributed by atoms with van der Waals surface area (Å²) in [5.41, 5.74) is -3.18. The Labute approximate surface area is 232 Å². The number of halogens is 3. The average molecular weight is 567 g/mol. The van der Waals surface area contributed by atoms with E-state index in [0.29, 0.717) is 6.42 Å². The molecule has 2 rings (SSSR count). The summed E-state index contributed by atoms with van der Waals surface area (Å²) in [7, 11) is 0.757. The second-order valence-electron chi connectivity index (χ2n) is 10.3. The predicted molar refractivity (Wildman–Crippen MR) is 144 cm³/mol. The highest BCUT2D eigenvalue weighted by Crippen LogP contribution is 2.44. The third kappa shape index (κ3) is 8.28. The van der Waals surface area contributed by atoms with Gasteiger partial charge in [-0.1, -0.05) is 53.6 Å². The summed E-state index contributed by atoms with van der Waals surface area (Å²) in [6.45, 7) is 7.32. The van der Waals surface area contributed by atoms with Crippen LogP contribution in [0.3, 0.4) is 0 Å². The molecule has 11 heteroatoms. The molecule has 1 aromatic heterocycles. The molecule has 0 radical (unpaired) electrons. The molecule has 0 aliphatic heterocycles. The monoisotopic (exact) mass is 566 g/mol. The van der Waals surface area contributed by atoms with E-state index in [0.717, 1.165) is 37.7 Å². The number of hydrogen-bond donors (Lipinski definition) is 2. The molecule has 40 heavy (non-hydrogen) atoms. The average Bonchev–Trinajstić information content (AvgIpc) is 3.33. The van der Waals surface area contributed by atoms with Crippen molar-refractivity contribution in [1.29, 1.82) is 0 Å². The van der Waals surface area contributed by atoms with Gasteiger partial charge in [0.2, 0.25) is 0 Å². The molecule has 2 aromatic rings. The van der Waals surface area contributed by atoms with E-state index in [-0.39, 0.29) is 24.2 Å². The second-order valence-corrected chi connectivity index (χ2v) is 10.3. The highest BCUT2D eigenvalue weighted by molar-refractivity contribution is 5.83. The van der Waals surface area contributed by atoms with Crippen LogP contribution in [-0.4, -0.2) is 46.0 Å². The number of hydrogen-bond acceptors (Lipinski definition) is 6. The van der Waals surface area contributed by atoms with Crippen LogP contribution in [0.5, 0.6) is 0 Å². The van der Waals surface area contributed by atoms with Crippen LogP contribution in [0.25, 0.3) is 0 Å². The number of nitrogens with zero attached hydrogens (tertiary/aromatic N) is 1. The lowest BCUT2D eigenvalue weighted by Gasteiger charge is -2.37. The van der Waals surface area contributed by atoms with E-state index in [1.54, 1.807) is 0 Å². The number of methoxy groups -OCH3 is 1. The summed E-state index contributed by atoms with van der Waals surface area (Å²) in [6.07, 6.45) is 0.412. The van der Waals surface area contributed by atoms with Crippen molar-refractivity contribution >= 4 is 11.8 Å². The molecule has 8 nitrogen and oxygen atoms in total. The van der Waals surface area contributed by atoms with Crippen molar-refractivity contribution in [2.75, 3.05) is 7.11 Å². The molecule has 0 fully saturated rings. The SMILES string of the molecule is CO[C@@](C(=O)O[C@H](Cc1c[nH]c([N+](=O)[O-])c1)[C@@](C)(O)CC/C=C(\C)CCC=C(C)C)(c1ccccc1)C(F)(F)F. The van der Waals surface area contributed by atoms with Crippen LogP contribution in [0.2, 0.25) is 0 Å². The van der Waals surface area contributed by atoms with Crippen LogP contribution in [0, 0.1) is 10.1 Å². The van der Waals surface area contributed by atoms with Gasteiger partial charge in [0.05, 0.1) is 11.8 Å². The third-order valence-electron chi connectivity index (χ3n) is 6.70. The van der Waals surface area contributed by atoms with E-state index in [4.69, 9.17) is 9.47 Å². The lowest BCUT2D eigenvalue weighted by molar-refractivity contribution is -0.389. The zero-order chi connectivity index (χ0) is 30.1. The van der Waals surface area contributed by atoms with Crippen molar-refractivity contribution in [1.82, 2.24) is 4.98 Å². The first-order valence-electron chi connectivity index (χ1n) is 12.9. The molecule has 220 valence electrons. The summed E-state index contributed by atoms with van der Waals surface area (Å²) >= 11 is 0. The van der Waals surface area contributed by atoms with Gasteiger partial charge in [-0.15, -0.1) is 0 Å². The molecule has 0 unspecified atom stereocenters. The largest absolute Gasteiger partial charge is 0.456 e. The van der Waals surface area contributed by atoms with Gasteiger partial charge in [-0.2, -0.15) is 13.2 Å². The smallest absolute Gasteiger partial charge is 0.432 e. The first-order valence-corrected chi connectivity index (χ1v) is 12.9. The van der Waals surface area contributed by atoms with Gasteiger partial charge in [-0.3, -0.25) is 0 Å². The van der Waals surface area contributed by atoms with E-state index >= 15 is 0 Å². The Morgan fingerprint density at radius 1 is 1.15 bits per heavy atom. The van der Waals surface area contributed by atoms with Gasteiger partial charge in [0.15, 0.2) is 0 Å². The number of ether oxygens (including phenoxy) is 2. The number of benzene rings is 1. The van der Waals surface area contributed by atoms with Gasteiger partial charge in [0, 0.05) is 30.7 Å². The first kappa shape index (κ1) is 32.8. The first-order chi connectivity index (χ1) is 18.6. The molecule has 3 atom stereocenters. The van der Waals surface area contributed by atoms with Gasteiger partial charge < -0.3 is 24.7 Å². The second kappa shape index (κ2) is 13.8. The van der Waals surface area contributed by atoms with Crippen LogP contribution < -0.4 is 0 Å². The Hall–Kier alpha value is -3.44. The summed E-state index contributed by atoms with van der Waals surface area (Å²) in [5.74, 6) is -2.10. The normalized spacial score (nSPS) is 16.0. The number of aliphatic hydroxyl groups is 1. The minimum absolute atomic E-state index is 0.0504. The number of allylic oxidation sites excluding steroid dienone is 4. The molecule has 0 saturated carbocycles. The van der Waals surface area contributed by atoms with Crippen molar-refractivity contribution in [2.24, 2.45) is 0 Å². The highest BCUT2D eigenvalue weighted by atomic mass is 19.4. The fourth-order valence-corrected chi connectivity index (χ4v) is 4.31. The Kier molecular flexibility index (Phi) is 11.3. The Balaban J connectivity index is 2.39. The number of nitrogens with one attached hydrogen (secondary N) is 1. The van der Waals surface area contributed by atoms with Crippen molar-refractivity contribution < 1.29 is 37.5 Å². The third-order valence-corrected chi connectivity index (χ3v) is 6.70. The minimum atomic E-state index is -5.20. The summed E-state index contributed by atoms with van der Waals surface area (Å²) in [6, 6.07) is 7.54. The Morgan fingerprint density at radius 3 is 2.33 bits per heavy atom. The number of H-pyrrole nitrogens is 1. The fourth-order valence-electron chi connectivity index (χ4n) is 4.31. The van der Waals surface area contributed by atoms with Gasteiger partial charge in [-0.05, 0) is 58.3 Å². The molecule has 0 amide bonds. The van der Waals surface area contributed by atoms with Crippen molar-refractivity contribution in [3.05, 3.63) is 87.1 Å². The maximum atomic E-state index is 14.4. The van der Waals surface area contributed by atoms with E-state index in [9.17, 15) is 33.2 Å². The summed E-state index contributed by atoms with van der Waals surface area (Å²) in [5, 5.41) is 22.5. The van der Waals surface area contributed by atoms with Crippen molar-refractivity contribution in [3.8, 4) is 0 Å². The maximum absolute atomic E-state index is 14.4. The van der Waals surface area contributed by atoms with Gasteiger partial charge in [-0.25, -0.2) is 9.78 Å². The molecule has 1 heterocycles. The zero-order valence-electron chi connectivity index (χ0n) is 23.4. The van der Waals surface area contributed by atoms with E-state index < -0.39 is 39.9 Å². The molecule has 0 spiro atoms. The van der Waals surface area contributed by atoms with Crippen molar-refractivity contribution in [2.45, 2.75) is 83.3 Å². The highest BCUT2D eigenvalue weighted by Gasteiger charge is 2.64. The number of nitro groups is 1. The fraction of sp³-hybridized carbons (Fsp3) is 0.483. The molecule has 0 aliphatic carbocycles. The maximum Gasteiger partial charge on any atom is 0.432 e. The number of esters is 1. The van der Waals surface area contributed by atoms with Gasteiger partial charge >= 0.3 is 18.0 Å². The van der Waals surface area contributed by atoms with Gasteiger partial charge in [0.1, 0.15) is 6.10 Å². The standard InChI is InChI=1S/C29H37F3N2O6/c1-20(2)11-9-12-21(3)13-10-16-27(4,36)24(17-22-18-25(33-19-22)34(37)38)40-26(35)28(39-5,29(30,31)32)23-14-7-6-8-15-23/h6-8,11,13-15,18-19,24,33,36H,9-10,12,16-17H2,1-5H3/b21-13+/t24-,27+,28-/m1/s1. The predicted octanol–water partition coefficient (Wildman–Crippen LogP) is 6.71. The molecule has 2 N–H and O–H groups in total. The van der Waals surface area contributed by atoms with Crippen LogP contribution in [0.4, 0.5) is 19.0 Å². The number of alkyl halides is 3. The number of aromatic nitrogens is 1. The number of carbonyl (C=O) groups is 1. The summed E-state index contributed by atoms with van der Waals surface area (Å²) in [4.78, 5) is 26.3. The van der Waals surface area contributed by atoms with Crippen LogP contribution in [0.15, 0.2) is 65.9 Å². The molecule has 0 aliphatic rings. The topological polar surface area (TPSA) is 115 Å². The van der Waals surface area contributed by atoms with Gasteiger partial charge in [0.25, 0.3) is 5.60 Å². The molecule has 0 bridgehead atoms. The minimum Gasteiger partial charge on any atom is -0.456 e. The van der Waals surface area contributed by atoms with Crippen molar-refractivity contribution in [3.63, 3.8) is 0 Å². The number of rotatable bonds is 14. The zero-order valence-corrected chi connectivity index (χ0v) is 23.4. The Morgan fingerprint density at radius 2 is 1.80 bits per heavy atom. The summed E-state index contributed by atoms with van der Waals surface area (Å²) < 4.78 is 53.6. The lowest BCUT2D eigenvalue weighted by Crippen LogP contribution is -2.55.